The van der Waals surface area contributed by atoms with Gasteiger partial charge in [-0.3, -0.25) is 29.0 Å². The number of hydrazine groups is 1. The Hall–Kier alpha value is -3.67. The van der Waals surface area contributed by atoms with E-state index in [0.29, 0.717) is 31.6 Å². The van der Waals surface area contributed by atoms with Gasteiger partial charge in [-0.25, -0.2) is 5.01 Å². The lowest BCUT2D eigenvalue weighted by Gasteiger charge is -2.43. The van der Waals surface area contributed by atoms with Crippen molar-refractivity contribution < 1.29 is 33.4 Å². The first-order chi connectivity index (χ1) is 17.7. The monoisotopic (exact) mass is 515 g/mol. The van der Waals surface area contributed by atoms with Crippen LogP contribution in [0, 0.1) is 0 Å². The minimum atomic E-state index is -0.981. The van der Waals surface area contributed by atoms with Crippen LogP contribution < -0.4 is 15.5 Å². The zero-order chi connectivity index (χ0) is 26.7. The molecular formula is C25H33N5O7. The molecule has 4 atom stereocenters. The van der Waals surface area contributed by atoms with Gasteiger partial charge in [-0.1, -0.05) is 6.07 Å². The van der Waals surface area contributed by atoms with E-state index in [9.17, 15) is 24.0 Å². The zero-order valence-electron chi connectivity index (χ0n) is 21.3. The van der Waals surface area contributed by atoms with E-state index in [4.69, 9.17) is 9.47 Å². The molecule has 3 heterocycles. The molecule has 1 aromatic carbocycles. The number of nitrogens with one attached hydrogen (secondary N) is 2. The van der Waals surface area contributed by atoms with Crippen molar-refractivity contribution in [3.8, 4) is 0 Å². The second kappa shape index (κ2) is 11.2. The van der Waals surface area contributed by atoms with Crippen molar-refractivity contribution in [3.05, 3.63) is 29.8 Å². The molecule has 0 radical (unpaired) electrons. The summed E-state index contributed by atoms with van der Waals surface area (Å²) in [5.74, 6) is -2.26. The minimum absolute atomic E-state index is 0.0512. The predicted octanol–water partition coefficient (Wildman–Crippen LogP) is 0.174. The van der Waals surface area contributed by atoms with Crippen LogP contribution in [0.5, 0.6) is 0 Å². The SMILES string of the molecule is CCOC1OC(=O)C[C@@H]1NC(=O)[C@@H]1CCCN2C(=O)CC[C@H](NC(=O)c3cccc(N(C)C)c3)C(=O)N12. The number of ether oxygens (including phenoxy) is 2. The number of anilines is 1. The number of carbonyl (C=O) groups is 5. The molecule has 4 amide bonds. The van der Waals surface area contributed by atoms with Crippen molar-refractivity contribution in [3.63, 3.8) is 0 Å². The highest BCUT2D eigenvalue weighted by Gasteiger charge is 2.46. The van der Waals surface area contributed by atoms with E-state index in [1.807, 2.05) is 25.1 Å². The fraction of sp³-hybridized carbons (Fsp3) is 0.560. The number of nitrogens with zero attached hydrogens (tertiary/aromatic N) is 3. The summed E-state index contributed by atoms with van der Waals surface area (Å²) in [5.41, 5.74) is 1.21. The Kier molecular flexibility index (Phi) is 7.96. The molecule has 1 aromatic rings. The van der Waals surface area contributed by atoms with E-state index in [1.54, 1.807) is 25.1 Å². The Labute approximate surface area is 215 Å². The van der Waals surface area contributed by atoms with Crippen LogP contribution in [-0.2, 0) is 28.7 Å². The first-order valence-electron chi connectivity index (χ1n) is 12.5. The molecule has 0 saturated carbocycles. The van der Waals surface area contributed by atoms with Gasteiger partial charge in [0.25, 0.3) is 11.8 Å². The van der Waals surface area contributed by atoms with Crippen LogP contribution in [0.4, 0.5) is 5.69 Å². The van der Waals surface area contributed by atoms with Crippen LogP contribution in [-0.4, -0.2) is 91.3 Å². The van der Waals surface area contributed by atoms with Gasteiger partial charge < -0.3 is 25.0 Å². The van der Waals surface area contributed by atoms with E-state index in [1.165, 1.54) is 10.0 Å². The molecule has 4 rings (SSSR count). The van der Waals surface area contributed by atoms with Gasteiger partial charge in [0.2, 0.25) is 18.1 Å². The van der Waals surface area contributed by atoms with E-state index in [-0.39, 0.29) is 25.2 Å². The number of cyclic esters (lactones) is 1. The fourth-order valence-corrected chi connectivity index (χ4v) is 4.82. The number of amides is 4. The number of benzene rings is 1. The largest absolute Gasteiger partial charge is 0.433 e. The highest BCUT2D eigenvalue weighted by molar-refractivity contribution is 6.00. The molecule has 0 aliphatic carbocycles. The first-order valence-corrected chi connectivity index (χ1v) is 12.5. The molecule has 3 fully saturated rings. The van der Waals surface area contributed by atoms with E-state index in [0.717, 1.165) is 5.69 Å². The lowest BCUT2D eigenvalue weighted by molar-refractivity contribution is -0.177. The van der Waals surface area contributed by atoms with E-state index < -0.39 is 48.1 Å². The van der Waals surface area contributed by atoms with Gasteiger partial charge in [-0.2, -0.15) is 0 Å². The van der Waals surface area contributed by atoms with Crippen LogP contribution in [0.15, 0.2) is 24.3 Å². The summed E-state index contributed by atoms with van der Waals surface area (Å²) in [7, 11) is 3.72. The summed E-state index contributed by atoms with van der Waals surface area (Å²) in [4.78, 5) is 66.5. The average molecular weight is 516 g/mol. The number of esters is 1. The van der Waals surface area contributed by atoms with Crippen LogP contribution in [0.1, 0.15) is 49.4 Å². The average Bonchev–Trinajstić information content (AvgIpc) is 3.17. The number of hydrogen-bond donors (Lipinski definition) is 2. The van der Waals surface area contributed by atoms with Crippen molar-refractivity contribution in [1.82, 2.24) is 20.7 Å². The van der Waals surface area contributed by atoms with Gasteiger partial charge in [0.05, 0.1) is 6.42 Å². The Morgan fingerprint density at radius 1 is 1.16 bits per heavy atom. The topological polar surface area (TPSA) is 138 Å². The Morgan fingerprint density at radius 3 is 2.68 bits per heavy atom. The molecule has 1 unspecified atom stereocenters. The van der Waals surface area contributed by atoms with Gasteiger partial charge in [0, 0.05) is 44.9 Å². The van der Waals surface area contributed by atoms with Crippen molar-refractivity contribution in [2.75, 3.05) is 32.1 Å². The maximum atomic E-state index is 13.7. The van der Waals surface area contributed by atoms with E-state index in [2.05, 4.69) is 10.6 Å². The maximum Gasteiger partial charge on any atom is 0.310 e. The molecule has 3 aliphatic heterocycles. The predicted molar refractivity (Wildman–Crippen MR) is 131 cm³/mol. The molecule has 3 aliphatic rings. The number of carbonyl (C=O) groups excluding carboxylic acids is 5. The van der Waals surface area contributed by atoms with Gasteiger partial charge in [-0.15, -0.1) is 0 Å². The lowest BCUT2D eigenvalue weighted by Crippen LogP contribution is -2.64. The number of fused-ring (bicyclic) bond motifs is 1. The molecule has 0 aromatic heterocycles. The summed E-state index contributed by atoms with van der Waals surface area (Å²) < 4.78 is 10.5. The third-order valence-electron chi connectivity index (χ3n) is 6.72. The second-order valence-corrected chi connectivity index (χ2v) is 9.50. The third kappa shape index (κ3) is 5.68. The summed E-state index contributed by atoms with van der Waals surface area (Å²) in [6.07, 6.45) is 0.0638. The van der Waals surface area contributed by atoms with Gasteiger partial charge in [-0.05, 0) is 44.4 Å². The summed E-state index contributed by atoms with van der Waals surface area (Å²) >= 11 is 0. The van der Waals surface area contributed by atoms with Gasteiger partial charge in [0.1, 0.15) is 18.1 Å². The van der Waals surface area contributed by atoms with Crippen molar-refractivity contribution >= 4 is 35.3 Å². The van der Waals surface area contributed by atoms with Crippen molar-refractivity contribution in [2.24, 2.45) is 0 Å². The van der Waals surface area contributed by atoms with Gasteiger partial charge in [0.15, 0.2) is 0 Å². The Morgan fingerprint density at radius 2 is 1.95 bits per heavy atom. The normalized spacial score (nSPS) is 25.8. The van der Waals surface area contributed by atoms with Gasteiger partial charge >= 0.3 is 5.97 Å². The molecular weight excluding hydrogens is 482 g/mol. The highest BCUT2D eigenvalue weighted by atomic mass is 16.7. The number of hydrogen-bond acceptors (Lipinski definition) is 8. The maximum absolute atomic E-state index is 13.7. The first kappa shape index (κ1) is 26.4. The number of rotatable bonds is 7. The lowest BCUT2D eigenvalue weighted by atomic mass is 10.0. The molecule has 12 nitrogen and oxygen atoms in total. The highest BCUT2D eigenvalue weighted by Crippen LogP contribution is 2.26. The molecule has 200 valence electrons. The summed E-state index contributed by atoms with van der Waals surface area (Å²) in [6.45, 7) is 2.34. The van der Waals surface area contributed by atoms with E-state index >= 15 is 0 Å². The summed E-state index contributed by atoms with van der Waals surface area (Å²) in [6, 6.07) is 4.32. The van der Waals surface area contributed by atoms with Crippen molar-refractivity contribution in [1.29, 1.82) is 0 Å². The second-order valence-electron chi connectivity index (χ2n) is 9.50. The Balaban J connectivity index is 1.52. The smallest absolute Gasteiger partial charge is 0.310 e. The molecule has 3 saturated heterocycles. The minimum Gasteiger partial charge on any atom is -0.433 e. The molecule has 2 N–H and O–H groups in total. The van der Waals surface area contributed by atoms with Crippen LogP contribution in [0.3, 0.4) is 0 Å². The standard InChI is InChI=1S/C25H33N5O7/c1-4-36-25-18(14-21(32)37-25)27-23(34)19-9-6-12-29-20(31)11-10-17(24(35)30(19)29)26-22(33)15-7-5-8-16(13-15)28(2)3/h5,7-8,13,17-19,25H,4,6,9-12,14H2,1-3H3,(H,26,33)(H,27,34)/t17-,18-,19-,25?/m0/s1. The third-order valence-corrected chi connectivity index (χ3v) is 6.72. The van der Waals surface area contributed by atoms with Crippen LogP contribution in [0.25, 0.3) is 0 Å². The fourth-order valence-electron chi connectivity index (χ4n) is 4.82. The Bertz CT molecular complexity index is 1080. The molecule has 37 heavy (non-hydrogen) atoms. The zero-order valence-corrected chi connectivity index (χ0v) is 21.3. The molecule has 0 bridgehead atoms. The molecule has 12 heteroatoms. The van der Waals surface area contributed by atoms with Crippen molar-refractivity contribution in [2.45, 2.75) is 63.4 Å². The summed E-state index contributed by atoms with van der Waals surface area (Å²) in [5, 5.41) is 8.02. The van der Waals surface area contributed by atoms with Crippen LogP contribution >= 0.6 is 0 Å². The quantitative estimate of drug-likeness (QED) is 0.491. The molecule has 0 spiro atoms. The van der Waals surface area contributed by atoms with Crippen LogP contribution in [0.2, 0.25) is 0 Å².